The number of halogens is 1. The highest BCUT2D eigenvalue weighted by molar-refractivity contribution is 9.10. The molecule has 1 unspecified atom stereocenters. The van der Waals surface area contributed by atoms with Gasteiger partial charge >= 0.3 is 0 Å². The minimum Gasteiger partial charge on any atom is -0.497 e. The smallest absolute Gasteiger partial charge is 0.273 e. The van der Waals surface area contributed by atoms with E-state index in [4.69, 9.17) is 9.15 Å². The number of methoxy groups -OCH3 is 1. The molecule has 2 aromatic carbocycles. The summed E-state index contributed by atoms with van der Waals surface area (Å²) in [6.07, 6.45) is 1.62. The van der Waals surface area contributed by atoms with E-state index in [9.17, 15) is 4.79 Å². The number of fused-ring (bicyclic) bond motifs is 1. The van der Waals surface area contributed by atoms with Crippen molar-refractivity contribution >= 4 is 21.8 Å². The van der Waals surface area contributed by atoms with Gasteiger partial charge in [-0.1, -0.05) is 28.1 Å². The molecule has 3 heterocycles. The van der Waals surface area contributed by atoms with E-state index in [1.54, 1.807) is 13.4 Å². The van der Waals surface area contributed by atoms with Crippen LogP contribution in [-0.4, -0.2) is 28.1 Å². The van der Waals surface area contributed by atoms with Crippen LogP contribution in [0.5, 0.6) is 5.75 Å². The maximum Gasteiger partial charge on any atom is 0.273 e. The molecule has 1 N–H and O–H groups in total. The van der Waals surface area contributed by atoms with E-state index in [2.05, 4.69) is 26.1 Å². The van der Waals surface area contributed by atoms with Gasteiger partial charge in [-0.05, 0) is 54.1 Å². The molecule has 2 aromatic heterocycles. The minimum absolute atomic E-state index is 0.0958. The van der Waals surface area contributed by atoms with Crippen LogP contribution in [0.4, 0.5) is 0 Å². The van der Waals surface area contributed by atoms with Gasteiger partial charge in [0.05, 0.1) is 31.7 Å². The fourth-order valence-corrected chi connectivity index (χ4v) is 4.16. The number of hydrogen-bond acceptors (Lipinski definition) is 4. The van der Waals surface area contributed by atoms with Gasteiger partial charge < -0.3 is 14.1 Å². The molecule has 6 nitrogen and oxygen atoms in total. The molecule has 30 heavy (non-hydrogen) atoms. The average molecular weight is 464 g/mol. The molecule has 150 valence electrons. The van der Waals surface area contributed by atoms with E-state index < -0.39 is 0 Å². The van der Waals surface area contributed by atoms with Gasteiger partial charge in [0, 0.05) is 15.6 Å². The lowest BCUT2D eigenvalue weighted by Crippen LogP contribution is -2.28. The predicted molar refractivity (Wildman–Crippen MR) is 115 cm³/mol. The molecule has 1 aliphatic rings. The summed E-state index contributed by atoms with van der Waals surface area (Å²) in [6, 6.07) is 19.1. The summed E-state index contributed by atoms with van der Waals surface area (Å²) < 4.78 is 11.8. The topological polar surface area (TPSA) is 71.4 Å². The number of nitrogens with zero attached hydrogens (tertiary/aromatic N) is 2. The molecule has 4 aromatic rings. The normalized spacial score (nSPS) is 15.5. The lowest BCUT2D eigenvalue weighted by Gasteiger charge is -2.25. The van der Waals surface area contributed by atoms with Crippen LogP contribution in [0.3, 0.4) is 0 Å². The molecular weight excluding hydrogens is 446 g/mol. The van der Waals surface area contributed by atoms with Gasteiger partial charge in [-0.25, -0.2) is 0 Å². The summed E-state index contributed by atoms with van der Waals surface area (Å²) in [5, 5.41) is 7.46. The summed E-state index contributed by atoms with van der Waals surface area (Å²) >= 11 is 3.49. The second-order valence-corrected chi connectivity index (χ2v) is 7.97. The molecule has 0 bridgehead atoms. The summed E-state index contributed by atoms with van der Waals surface area (Å²) in [6.45, 7) is 0.372. The summed E-state index contributed by atoms with van der Waals surface area (Å²) in [4.78, 5) is 15.1. The van der Waals surface area contributed by atoms with Crippen LogP contribution in [0.1, 0.15) is 33.4 Å². The van der Waals surface area contributed by atoms with Crippen LogP contribution >= 0.6 is 15.9 Å². The second kappa shape index (κ2) is 7.50. The molecule has 1 aliphatic heterocycles. The molecule has 0 saturated heterocycles. The van der Waals surface area contributed by atoms with Crippen molar-refractivity contribution in [2.45, 2.75) is 12.6 Å². The number of H-pyrrole nitrogens is 1. The standard InChI is InChI=1S/C23H18BrN3O3/c1-29-17-10-6-14(7-11-17)20-19-21(26-25-20)23(28)27(13-18-3-2-12-30-18)22(19)15-4-8-16(24)9-5-15/h2-12,22H,13H2,1H3,(H,25,26). The Morgan fingerprint density at radius 3 is 2.57 bits per heavy atom. The van der Waals surface area contributed by atoms with Crippen molar-refractivity contribution in [3.8, 4) is 17.0 Å². The molecule has 0 fully saturated rings. The Balaban J connectivity index is 1.63. The summed E-state index contributed by atoms with van der Waals surface area (Å²) in [7, 11) is 1.63. The zero-order valence-electron chi connectivity index (χ0n) is 16.1. The molecule has 0 saturated carbocycles. The van der Waals surface area contributed by atoms with Gasteiger partial charge in [0.15, 0.2) is 0 Å². The Labute approximate surface area is 181 Å². The molecule has 0 aliphatic carbocycles. The van der Waals surface area contributed by atoms with E-state index >= 15 is 0 Å². The highest BCUT2D eigenvalue weighted by atomic mass is 79.9. The van der Waals surface area contributed by atoms with Gasteiger partial charge in [0.25, 0.3) is 5.91 Å². The Morgan fingerprint density at radius 1 is 1.13 bits per heavy atom. The third-order valence-electron chi connectivity index (χ3n) is 5.32. The van der Waals surface area contributed by atoms with Crippen molar-refractivity contribution < 1.29 is 13.9 Å². The highest BCUT2D eigenvalue weighted by Crippen LogP contribution is 2.43. The quantitative estimate of drug-likeness (QED) is 0.442. The fourth-order valence-electron chi connectivity index (χ4n) is 3.89. The molecule has 0 spiro atoms. The Bertz CT molecular complexity index is 1180. The van der Waals surface area contributed by atoms with E-state index in [0.29, 0.717) is 12.2 Å². The maximum absolute atomic E-state index is 13.3. The monoisotopic (exact) mass is 463 g/mol. The number of nitrogens with one attached hydrogen (secondary N) is 1. The van der Waals surface area contributed by atoms with Gasteiger partial charge in [-0.3, -0.25) is 9.89 Å². The van der Waals surface area contributed by atoms with Crippen LogP contribution in [0.2, 0.25) is 0 Å². The van der Waals surface area contributed by atoms with Crippen LogP contribution in [0.25, 0.3) is 11.3 Å². The van der Waals surface area contributed by atoms with Gasteiger partial charge in [0.1, 0.15) is 17.2 Å². The van der Waals surface area contributed by atoms with Crippen molar-refractivity contribution in [1.82, 2.24) is 15.1 Å². The molecule has 7 heteroatoms. The van der Waals surface area contributed by atoms with E-state index in [0.717, 1.165) is 38.4 Å². The van der Waals surface area contributed by atoms with E-state index in [1.165, 1.54) is 0 Å². The number of amides is 1. The predicted octanol–water partition coefficient (Wildman–Crippen LogP) is 5.19. The third-order valence-corrected chi connectivity index (χ3v) is 5.85. The van der Waals surface area contributed by atoms with Crippen LogP contribution < -0.4 is 4.74 Å². The lowest BCUT2D eigenvalue weighted by molar-refractivity contribution is 0.0717. The number of carbonyl (C=O) groups excluding carboxylic acids is 1. The third kappa shape index (κ3) is 3.11. The number of benzene rings is 2. The van der Waals surface area contributed by atoms with Gasteiger partial charge in [0.2, 0.25) is 0 Å². The number of aromatic nitrogens is 2. The van der Waals surface area contributed by atoms with E-state index in [-0.39, 0.29) is 11.9 Å². The first-order valence-electron chi connectivity index (χ1n) is 9.47. The van der Waals surface area contributed by atoms with Gasteiger partial charge in [-0.15, -0.1) is 0 Å². The van der Waals surface area contributed by atoms with Crippen LogP contribution in [0, 0.1) is 0 Å². The zero-order valence-corrected chi connectivity index (χ0v) is 17.7. The van der Waals surface area contributed by atoms with Gasteiger partial charge in [-0.2, -0.15) is 5.10 Å². The average Bonchev–Trinajstić information content (AvgIpc) is 3.49. The van der Waals surface area contributed by atoms with Crippen molar-refractivity contribution in [3.63, 3.8) is 0 Å². The van der Waals surface area contributed by atoms with Crippen molar-refractivity contribution in [2.24, 2.45) is 0 Å². The minimum atomic E-state index is -0.276. The lowest BCUT2D eigenvalue weighted by atomic mass is 9.96. The van der Waals surface area contributed by atoms with E-state index in [1.807, 2.05) is 65.6 Å². The first-order valence-corrected chi connectivity index (χ1v) is 10.3. The number of carbonyl (C=O) groups is 1. The van der Waals surface area contributed by atoms with Crippen LogP contribution in [0.15, 0.2) is 75.8 Å². The number of furan rings is 1. The Hall–Kier alpha value is -3.32. The summed E-state index contributed by atoms with van der Waals surface area (Å²) in [5.74, 6) is 1.40. The Morgan fingerprint density at radius 2 is 1.90 bits per heavy atom. The van der Waals surface area contributed by atoms with Crippen molar-refractivity contribution in [2.75, 3.05) is 7.11 Å². The van der Waals surface area contributed by atoms with Crippen molar-refractivity contribution in [1.29, 1.82) is 0 Å². The highest BCUT2D eigenvalue weighted by Gasteiger charge is 2.42. The number of hydrogen-bond donors (Lipinski definition) is 1. The maximum atomic E-state index is 13.3. The molecule has 1 atom stereocenters. The molecule has 1 amide bonds. The Kier molecular flexibility index (Phi) is 4.67. The SMILES string of the molecule is COc1ccc(-c2n[nH]c3c2C(c2ccc(Br)cc2)N(Cc2ccco2)C3=O)cc1. The number of rotatable bonds is 5. The largest absolute Gasteiger partial charge is 0.497 e. The molecule has 0 radical (unpaired) electrons. The zero-order chi connectivity index (χ0) is 20.7. The fraction of sp³-hybridized carbons (Fsp3) is 0.130. The van der Waals surface area contributed by atoms with Crippen LogP contribution in [-0.2, 0) is 6.54 Å². The summed E-state index contributed by atoms with van der Waals surface area (Å²) in [5.41, 5.74) is 4.08. The van der Waals surface area contributed by atoms with Crippen molar-refractivity contribution in [3.05, 3.63) is 94.0 Å². The number of aromatic amines is 1. The first-order chi connectivity index (χ1) is 14.7. The number of ether oxygens (including phenoxy) is 1. The second-order valence-electron chi connectivity index (χ2n) is 7.06. The molecule has 5 rings (SSSR count). The first kappa shape index (κ1) is 18.7. The molecular formula is C23H18BrN3O3.